The molecule has 0 aliphatic carbocycles. The SMILES string of the molecule is COc1cc(O)c2c(=O)c(O)c(-c3ccc(O)c(O[C@@H]4O[C@H](CO)[C@@H](O)[C@H](O)[C@H]4O)c3)oc2c1. The quantitative estimate of drug-likeness (QED) is 0.254. The Balaban J connectivity index is 1.75. The first-order valence-corrected chi connectivity index (χ1v) is 10.0. The van der Waals surface area contributed by atoms with Crippen LogP contribution >= 0.6 is 0 Å². The van der Waals surface area contributed by atoms with Crippen molar-refractivity contribution in [3.05, 3.63) is 40.6 Å². The van der Waals surface area contributed by atoms with Crippen LogP contribution in [0.15, 0.2) is 39.5 Å². The van der Waals surface area contributed by atoms with Crippen LogP contribution in [-0.2, 0) is 4.74 Å². The van der Waals surface area contributed by atoms with Gasteiger partial charge in [-0.1, -0.05) is 0 Å². The Labute approximate surface area is 191 Å². The van der Waals surface area contributed by atoms with E-state index in [2.05, 4.69) is 0 Å². The highest BCUT2D eigenvalue weighted by atomic mass is 16.7. The van der Waals surface area contributed by atoms with Crippen LogP contribution < -0.4 is 14.9 Å². The summed E-state index contributed by atoms with van der Waals surface area (Å²) in [6.45, 7) is -0.677. The third-order valence-electron chi connectivity index (χ3n) is 5.47. The van der Waals surface area contributed by atoms with Crippen LogP contribution in [0.3, 0.4) is 0 Å². The first-order chi connectivity index (χ1) is 16.2. The molecule has 1 aromatic heterocycles. The number of aliphatic hydroxyl groups excluding tert-OH is 4. The van der Waals surface area contributed by atoms with Crippen molar-refractivity contribution in [2.45, 2.75) is 30.7 Å². The van der Waals surface area contributed by atoms with Gasteiger partial charge < -0.3 is 54.4 Å². The van der Waals surface area contributed by atoms with E-state index >= 15 is 0 Å². The highest BCUT2D eigenvalue weighted by Gasteiger charge is 2.45. The molecule has 1 saturated heterocycles. The molecule has 0 bridgehead atoms. The van der Waals surface area contributed by atoms with Crippen LogP contribution in [0.1, 0.15) is 0 Å². The zero-order valence-corrected chi connectivity index (χ0v) is 17.7. The fourth-order valence-electron chi connectivity index (χ4n) is 3.62. The van der Waals surface area contributed by atoms with E-state index in [0.29, 0.717) is 0 Å². The van der Waals surface area contributed by atoms with Gasteiger partial charge in [-0.2, -0.15) is 0 Å². The average molecular weight is 478 g/mol. The lowest BCUT2D eigenvalue weighted by Gasteiger charge is -2.39. The summed E-state index contributed by atoms with van der Waals surface area (Å²) in [6, 6.07) is 6.15. The van der Waals surface area contributed by atoms with Gasteiger partial charge in [0.05, 0.1) is 13.7 Å². The Bertz CT molecular complexity index is 1270. The molecule has 4 rings (SSSR count). The first kappa shape index (κ1) is 23.6. The van der Waals surface area contributed by atoms with Crippen LogP contribution in [0.5, 0.6) is 28.7 Å². The molecule has 3 aromatic rings. The number of methoxy groups -OCH3 is 1. The van der Waals surface area contributed by atoms with E-state index in [9.17, 15) is 40.5 Å². The number of hydrogen-bond acceptors (Lipinski definition) is 12. The average Bonchev–Trinajstić information content (AvgIpc) is 2.82. The predicted octanol–water partition coefficient (Wildman–Crippen LogP) is -0.236. The number of ether oxygens (including phenoxy) is 3. The Morgan fingerprint density at radius 3 is 2.38 bits per heavy atom. The van der Waals surface area contributed by atoms with E-state index in [0.717, 1.165) is 6.07 Å². The summed E-state index contributed by atoms with van der Waals surface area (Å²) < 4.78 is 21.4. The minimum atomic E-state index is -1.73. The van der Waals surface area contributed by atoms with Crippen LogP contribution in [0, 0.1) is 0 Å². The minimum absolute atomic E-state index is 0.0659. The van der Waals surface area contributed by atoms with Gasteiger partial charge in [0, 0.05) is 17.7 Å². The Hall–Kier alpha value is -3.55. The summed E-state index contributed by atoms with van der Waals surface area (Å²) in [6.07, 6.45) is -7.86. The maximum Gasteiger partial charge on any atom is 0.238 e. The second-order valence-electron chi connectivity index (χ2n) is 7.63. The Morgan fingerprint density at radius 2 is 1.71 bits per heavy atom. The van der Waals surface area contributed by atoms with Gasteiger partial charge in [-0.25, -0.2) is 0 Å². The number of benzene rings is 2. The second-order valence-corrected chi connectivity index (χ2v) is 7.63. The molecule has 34 heavy (non-hydrogen) atoms. The number of phenolic OH excluding ortho intramolecular Hbond substituents is 2. The van der Waals surface area contributed by atoms with E-state index in [1.165, 1.54) is 31.4 Å². The van der Waals surface area contributed by atoms with E-state index in [-0.39, 0.29) is 33.8 Å². The molecule has 2 aromatic carbocycles. The van der Waals surface area contributed by atoms with Crippen molar-refractivity contribution in [3.63, 3.8) is 0 Å². The third kappa shape index (κ3) is 3.97. The molecule has 0 spiro atoms. The Morgan fingerprint density at radius 1 is 0.971 bits per heavy atom. The number of hydrogen-bond donors (Lipinski definition) is 7. The molecule has 182 valence electrons. The number of fused-ring (bicyclic) bond motifs is 1. The molecular weight excluding hydrogens is 456 g/mol. The highest BCUT2D eigenvalue weighted by Crippen LogP contribution is 2.39. The lowest BCUT2D eigenvalue weighted by atomic mass is 9.99. The van der Waals surface area contributed by atoms with Crippen molar-refractivity contribution in [2.24, 2.45) is 0 Å². The summed E-state index contributed by atoms with van der Waals surface area (Å²) >= 11 is 0. The molecule has 0 saturated carbocycles. The first-order valence-electron chi connectivity index (χ1n) is 10.0. The molecule has 1 aliphatic heterocycles. The summed E-state index contributed by atoms with van der Waals surface area (Å²) in [5.41, 5.74) is -0.934. The second kappa shape index (κ2) is 9.00. The van der Waals surface area contributed by atoms with Gasteiger partial charge in [0.2, 0.25) is 17.5 Å². The smallest absolute Gasteiger partial charge is 0.238 e. The summed E-state index contributed by atoms with van der Waals surface area (Å²) in [5.74, 6) is -2.12. The molecule has 0 amide bonds. The molecule has 0 radical (unpaired) electrons. The zero-order chi connectivity index (χ0) is 24.7. The number of aliphatic hydroxyl groups is 4. The van der Waals surface area contributed by atoms with Crippen molar-refractivity contribution >= 4 is 11.0 Å². The minimum Gasteiger partial charge on any atom is -0.507 e. The molecule has 1 fully saturated rings. The van der Waals surface area contributed by atoms with Crippen LogP contribution in [-0.4, -0.2) is 80.2 Å². The summed E-state index contributed by atoms with van der Waals surface area (Å²) in [7, 11) is 1.35. The van der Waals surface area contributed by atoms with Gasteiger partial charge in [-0.15, -0.1) is 0 Å². The zero-order valence-electron chi connectivity index (χ0n) is 17.7. The molecule has 2 heterocycles. The summed E-state index contributed by atoms with van der Waals surface area (Å²) in [5, 5.41) is 69.8. The maximum absolute atomic E-state index is 12.7. The van der Waals surface area contributed by atoms with Crippen molar-refractivity contribution in [1.29, 1.82) is 0 Å². The van der Waals surface area contributed by atoms with Gasteiger partial charge in [0.15, 0.2) is 17.3 Å². The molecule has 1 aliphatic rings. The van der Waals surface area contributed by atoms with Gasteiger partial charge in [-0.3, -0.25) is 4.79 Å². The summed E-state index contributed by atoms with van der Waals surface area (Å²) in [4.78, 5) is 12.7. The van der Waals surface area contributed by atoms with Crippen LogP contribution in [0.25, 0.3) is 22.3 Å². The van der Waals surface area contributed by atoms with Gasteiger partial charge in [0.25, 0.3) is 0 Å². The standard InChI is InChI=1S/C22H22O12/c1-31-9-5-11(25)15-13(6-9)32-21(19(29)17(15)27)8-2-3-10(24)12(4-8)33-22-20(30)18(28)16(26)14(7-23)34-22/h2-6,14,16,18,20,22-26,28-30H,7H2,1H3/t14-,16-,18+,20-,22-/m1/s1. The van der Waals surface area contributed by atoms with E-state index in [1.54, 1.807) is 0 Å². The highest BCUT2D eigenvalue weighted by molar-refractivity contribution is 5.88. The maximum atomic E-state index is 12.7. The lowest BCUT2D eigenvalue weighted by Crippen LogP contribution is -2.60. The van der Waals surface area contributed by atoms with Crippen LogP contribution in [0.2, 0.25) is 0 Å². The predicted molar refractivity (Wildman–Crippen MR) is 114 cm³/mol. The van der Waals surface area contributed by atoms with Crippen molar-refractivity contribution < 1.29 is 54.4 Å². The topological polar surface area (TPSA) is 200 Å². The third-order valence-corrected chi connectivity index (χ3v) is 5.47. The van der Waals surface area contributed by atoms with E-state index < -0.39 is 60.0 Å². The normalized spacial score (nSPS) is 24.8. The molecular formula is C22H22O12. The van der Waals surface area contributed by atoms with Gasteiger partial charge in [-0.05, 0) is 18.2 Å². The fourth-order valence-corrected chi connectivity index (χ4v) is 3.62. The number of phenols is 2. The van der Waals surface area contributed by atoms with E-state index in [4.69, 9.17) is 18.6 Å². The van der Waals surface area contributed by atoms with Crippen molar-refractivity contribution in [1.82, 2.24) is 0 Å². The monoisotopic (exact) mass is 478 g/mol. The van der Waals surface area contributed by atoms with Gasteiger partial charge in [0.1, 0.15) is 46.9 Å². The molecule has 12 heteroatoms. The lowest BCUT2D eigenvalue weighted by molar-refractivity contribution is -0.277. The van der Waals surface area contributed by atoms with Crippen LogP contribution in [0.4, 0.5) is 0 Å². The Kier molecular flexibility index (Phi) is 6.25. The molecule has 7 N–H and O–H groups in total. The van der Waals surface area contributed by atoms with Gasteiger partial charge >= 0.3 is 0 Å². The molecule has 0 unspecified atom stereocenters. The number of rotatable bonds is 5. The van der Waals surface area contributed by atoms with Crippen molar-refractivity contribution in [3.8, 4) is 40.1 Å². The van der Waals surface area contributed by atoms with Crippen molar-refractivity contribution in [2.75, 3.05) is 13.7 Å². The largest absolute Gasteiger partial charge is 0.507 e. The molecule has 12 nitrogen and oxygen atoms in total. The molecule has 5 atom stereocenters. The van der Waals surface area contributed by atoms with E-state index in [1.807, 2.05) is 0 Å². The number of aromatic hydroxyl groups is 3. The fraction of sp³-hybridized carbons (Fsp3) is 0.318.